The van der Waals surface area contributed by atoms with Crippen molar-refractivity contribution in [2.75, 3.05) is 6.54 Å². The van der Waals surface area contributed by atoms with E-state index in [1.807, 2.05) is 24.5 Å². The van der Waals surface area contributed by atoms with Crippen molar-refractivity contribution in [3.05, 3.63) is 35.6 Å². The predicted molar refractivity (Wildman–Crippen MR) is 80.4 cm³/mol. The van der Waals surface area contributed by atoms with Gasteiger partial charge >= 0.3 is 0 Å². The van der Waals surface area contributed by atoms with Crippen LogP contribution < -0.4 is 5.32 Å². The van der Waals surface area contributed by atoms with Crippen molar-refractivity contribution in [3.8, 4) is 10.6 Å². The van der Waals surface area contributed by atoms with Gasteiger partial charge in [0, 0.05) is 42.1 Å². The highest BCUT2D eigenvalue weighted by Gasteiger charge is 2.24. The minimum absolute atomic E-state index is 0.116. The van der Waals surface area contributed by atoms with E-state index in [2.05, 4.69) is 15.3 Å². The van der Waals surface area contributed by atoms with E-state index in [1.54, 1.807) is 17.5 Å². The normalized spacial score (nSPS) is 22.2. The molecule has 5 heteroatoms. The largest absolute Gasteiger partial charge is 0.393 e. The molecule has 20 heavy (non-hydrogen) atoms. The van der Waals surface area contributed by atoms with Crippen molar-refractivity contribution in [2.45, 2.75) is 31.9 Å². The first-order chi connectivity index (χ1) is 9.83. The first-order valence-electron chi connectivity index (χ1n) is 7.07. The number of aromatic nitrogens is 2. The first kappa shape index (κ1) is 13.7. The fourth-order valence-electron chi connectivity index (χ4n) is 2.65. The van der Waals surface area contributed by atoms with Crippen LogP contribution in [0.3, 0.4) is 0 Å². The van der Waals surface area contributed by atoms with Crippen molar-refractivity contribution in [1.29, 1.82) is 0 Å². The van der Waals surface area contributed by atoms with E-state index < -0.39 is 0 Å². The Morgan fingerprint density at radius 1 is 1.35 bits per heavy atom. The summed E-state index contributed by atoms with van der Waals surface area (Å²) in [5, 5.41) is 14.2. The molecule has 0 amide bonds. The summed E-state index contributed by atoms with van der Waals surface area (Å²) in [6.45, 7) is 1.71. The van der Waals surface area contributed by atoms with E-state index in [1.165, 1.54) is 4.88 Å². The SMILES string of the molecule is O[C@H]1CCC[C@H]1CNCc1cnc(-c2cccnc2)s1. The number of thiazole rings is 1. The van der Waals surface area contributed by atoms with E-state index in [4.69, 9.17) is 0 Å². The van der Waals surface area contributed by atoms with Crippen LogP contribution >= 0.6 is 11.3 Å². The number of hydrogen-bond acceptors (Lipinski definition) is 5. The first-order valence-corrected chi connectivity index (χ1v) is 7.88. The standard InChI is InChI=1S/C15H19N3OS/c19-14-5-1-3-11(14)7-17-9-13-10-18-15(20-13)12-4-2-6-16-8-12/h2,4,6,8,10-11,14,17,19H,1,3,5,7,9H2/t11-,14-/m0/s1. The fraction of sp³-hybridized carbons (Fsp3) is 0.467. The number of hydrogen-bond donors (Lipinski definition) is 2. The van der Waals surface area contributed by atoms with E-state index in [-0.39, 0.29) is 6.10 Å². The van der Waals surface area contributed by atoms with Crippen LogP contribution in [0.1, 0.15) is 24.1 Å². The second-order valence-electron chi connectivity index (χ2n) is 5.26. The molecule has 1 fully saturated rings. The lowest BCUT2D eigenvalue weighted by atomic mass is 10.1. The molecule has 0 saturated heterocycles. The van der Waals surface area contributed by atoms with Gasteiger partial charge in [-0.25, -0.2) is 4.98 Å². The van der Waals surface area contributed by atoms with Gasteiger partial charge in [0.2, 0.25) is 0 Å². The second kappa shape index (κ2) is 6.43. The Morgan fingerprint density at radius 3 is 3.05 bits per heavy atom. The Hall–Kier alpha value is -1.30. The number of aliphatic hydroxyl groups excluding tert-OH is 1. The zero-order valence-corrected chi connectivity index (χ0v) is 12.1. The topological polar surface area (TPSA) is 58.0 Å². The number of pyridine rings is 1. The molecular formula is C15H19N3OS. The highest BCUT2D eigenvalue weighted by Crippen LogP contribution is 2.26. The number of nitrogens with one attached hydrogen (secondary N) is 1. The molecule has 0 bridgehead atoms. The summed E-state index contributed by atoms with van der Waals surface area (Å²) in [7, 11) is 0. The van der Waals surface area contributed by atoms with Gasteiger partial charge in [0.05, 0.1) is 6.10 Å². The van der Waals surface area contributed by atoms with Crippen molar-refractivity contribution >= 4 is 11.3 Å². The van der Waals surface area contributed by atoms with Gasteiger partial charge in [0.15, 0.2) is 0 Å². The number of nitrogens with zero attached hydrogens (tertiary/aromatic N) is 2. The summed E-state index contributed by atoms with van der Waals surface area (Å²) in [5.74, 6) is 0.417. The molecule has 2 N–H and O–H groups in total. The molecule has 1 aliphatic rings. The van der Waals surface area contributed by atoms with E-state index in [9.17, 15) is 5.11 Å². The van der Waals surface area contributed by atoms with Crippen molar-refractivity contribution in [2.24, 2.45) is 5.92 Å². The summed E-state index contributed by atoms with van der Waals surface area (Å²) in [5.41, 5.74) is 1.06. The van der Waals surface area contributed by atoms with Gasteiger partial charge in [-0.05, 0) is 30.9 Å². The molecule has 0 aliphatic heterocycles. The maximum absolute atomic E-state index is 9.78. The van der Waals surface area contributed by atoms with Crippen LogP contribution in [0.25, 0.3) is 10.6 Å². The van der Waals surface area contributed by atoms with Crippen LogP contribution in [0.15, 0.2) is 30.7 Å². The second-order valence-corrected chi connectivity index (χ2v) is 6.38. The summed E-state index contributed by atoms with van der Waals surface area (Å²) in [6, 6.07) is 3.95. The minimum Gasteiger partial charge on any atom is -0.393 e. The molecule has 0 unspecified atom stereocenters. The molecule has 2 heterocycles. The average Bonchev–Trinajstić information content (AvgIpc) is 3.10. The van der Waals surface area contributed by atoms with E-state index in [0.29, 0.717) is 5.92 Å². The molecule has 106 valence electrons. The lowest BCUT2D eigenvalue weighted by Gasteiger charge is -2.14. The Balaban J connectivity index is 1.53. The lowest BCUT2D eigenvalue weighted by molar-refractivity contribution is 0.131. The fourth-order valence-corrected chi connectivity index (χ4v) is 3.52. The molecule has 0 aromatic carbocycles. The number of rotatable bonds is 5. The predicted octanol–water partition coefficient (Wildman–Crippen LogP) is 2.46. The average molecular weight is 289 g/mol. The van der Waals surface area contributed by atoms with E-state index >= 15 is 0 Å². The van der Waals surface area contributed by atoms with Crippen LogP contribution in [0.4, 0.5) is 0 Å². The van der Waals surface area contributed by atoms with Gasteiger partial charge in [0.1, 0.15) is 5.01 Å². The molecular weight excluding hydrogens is 270 g/mol. The molecule has 3 rings (SSSR count). The molecule has 0 spiro atoms. The van der Waals surface area contributed by atoms with Crippen LogP contribution in [0.2, 0.25) is 0 Å². The van der Waals surface area contributed by atoms with Crippen LogP contribution in [-0.2, 0) is 6.54 Å². The lowest BCUT2D eigenvalue weighted by Crippen LogP contribution is -2.27. The zero-order valence-electron chi connectivity index (χ0n) is 11.3. The third kappa shape index (κ3) is 3.23. The quantitative estimate of drug-likeness (QED) is 0.887. The zero-order chi connectivity index (χ0) is 13.8. The molecule has 4 nitrogen and oxygen atoms in total. The van der Waals surface area contributed by atoms with Gasteiger partial charge in [-0.2, -0.15) is 0 Å². The van der Waals surface area contributed by atoms with Crippen LogP contribution in [0.5, 0.6) is 0 Å². The van der Waals surface area contributed by atoms with Gasteiger partial charge < -0.3 is 10.4 Å². The Labute approximate surface area is 122 Å². The highest BCUT2D eigenvalue weighted by molar-refractivity contribution is 7.15. The molecule has 1 aliphatic carbocycles. The van der Waals surface area contributed by atoms with Crippen molar-refractivity contribution in [3.63, 3.8) is 0 Å². The van der Waals surface area contributed by atoms with Gasteiger partial charge in [-0.3, -0.25) is 4.98 Å². The third-order valence-electron chi connectivity index (χ3n) is 3.79. The van der Waals surface area contributed by atoms with Crippen molar-refractivity contribution in [1.82, 2.24) is 15.3 Å². The molecule has 2 aromatic heterocycles. The Morgan fingerprint density at radius 2 is 2.30 bits per heavy atom. The maximum Gasteiger partial charge on any atom is 0.125 e. The Bertz CT molecular complexity index is 543. The molecule has 2 atom stereocenters. The summed E-state index contributed by atoms with van der Waals surface area (Å²) >= 11 is 1.69. The van der Waals surface area contributed by atoms with Gasteiger partial charge in [-0.1, -0.05) is 6.42 Å². The van der Waals surface area contributed by atoms with Crippen LogP contribution in [0, 0.1) is 5.92 Å². The molecule has 2 aromatic rings. The summed E-state index contributed by atoms with van der Waals surface area (Å²) < 4.78 is 0. The smallest absolute Gasteiger partial charge is 0.125 e. The van der Waals surface area contributed by atoms with Gasteiger partial charge in [0.25, 0.3) is 0 Å². The van der Waals surface area contributed by atoms with E-state index in [0.717, 1.165) is 42.9 Å². The maximum atomic E-state index is 9.78. The van der Waals surface area contributed by atoms with Gasteiger partial charge in [-0.15, -0.1) is 11.3 Å². The third-order valence-corrected chi connectivity index (χ3v) is 4.83. The van der Waals surface area contributed by atoms with Crippen LogP contribution in [-0.4, -0.2) is 27.7 Å². The number of aliphatic hydroxyl groups is 1. The monoisotopic (exact) mass is 289 g/mol. The minimum atomic E-state index is -0.116. The molecule has 0 radical (unpaired) electrons. The highest BCUT2D eigenvalue weighted by atomic mass is 32.1. The molecule has 1 saturated carbocycles. The van der Waals surface area contributed by atoms with Crippen molar-refractivity contribution < 1.29 is 5.11 Å². The summed E-state index contributed by atoms with van der Waals surface area (Å²) in [6.07, 6.45) is 8.66. The summed E-state index contributed by atoms with van der Waals surface area (Å²) in [4.78, 5) is 9.78. The Kier molecular flexibility index (Phi) is 4.40.